The second-order valence-corrected chi connectivity index (χ2v) is 10.6. The summed E-state index contributed by atoms with van der Waals surface area (Å²) in [5, 5.41) is 3.98. The third-order valence-corrected chi connectivity index (χ3v) is 8.26. The molecule has 5 rings (SSSR count). The summed E-state index contributed by atoms with van der Waals surface area (Å²) in [7, 11) is -3.60. The van der Waals surface area contributed by atoms with Crippen LogP contribution in [0.2, 0.25) is 0 Å². The maximum atomic E-state index is 13.5. The Morgan fingerprint density at radius 2 is 1.82 bits per heavy atom. The molecule has 1 unspecified atom stereocenters. The smallest absolute Gasteiger partial charge is 0.253 e. The molecule has 34 heavy (non-hydrogen) atoms. The van der Waals surface area contributed by atoms with E-state index < -0.39 is 10.0 Å². The fraction of sp³-hybridized carbons (Fsp3) is 0.375. The van der Waals surface area contributed by atoms with Crippen molar-refractivity contribution < 1.29 is 22.1 Å². The van der Waals surface area contributed by atoms with Gasteiger partial charge >= 0.3 is 0 Å². The van der Waals surface area contributed by atoms with E-state index in [-0.39, 0.29) is 22.5 Å². The maximum absolute atomic E-state index is 13.5. The molecule has 3 aromatic rings. The van der Waals surface area contributed by atoms with E-state index in [4.69, 9.17) is 4.52 Å². The minimum atomic E-state index is -3.60. The summed E-state index contributed by atoms with van der Waals surface area (Å²) in [6, 6.07) is 12.2. The number of aromatic nitrogens is 2. The maximum Gasteiger partial charge on any atom is 0.253 e. The lowest BCUT2D eigenvalue weighted by Crippen LogP contribution is -2.39. The molecule has 1 aromatic heterocycles. The van der Waals surface area contributed by atoms with Crippen molar-refractivity contribution in [2.24, 2.45) is 0 Å². The van der Waals surface area contributed by atoms with Gasteiger partial charge in [-0.15, -0.1) is 0 Å². The summed E-state index contributed by atoms with van der Waals surface area (Å²) < 4.78 is 46.3. The van der Waals surface area contributed by atoms with E-state index in [0.717, 1.165) is 25.7 Å². The fourth-order valence-corrected chi connectivity index (χ4v) is 6.12. The summed E-state index contributed by atoms with van der Waals surface area (Å²) in [4.78, 5) is 19.5. The number of sulfonamides is 1. The zero-order valence-corrected chi connectivity index (χ0v) is 19.4. The molecule has 0 bridgehead atoms. The van der Waals surface area contributed by atoms with E-state index in [1.54, 1.807) is 29.2 Å². The highest BCUT2D eigenvalue weighted by atomic mass is 32.2. The van der Waals surface area contributed by atoms with Gasteiger partial charge in [0.15, 0.2) is 0 Å². The first-order chi connectivity index (χ1) is 16.4. The van der Waals surface area contributed by atoms with Gasteiger partial charge in [0.25, 0.3) is 5.91 Å². The van der Waals surface area contributed by atoms with Crippen LogP contribution >= 0.6 is 0 Å². The highest BCUT2D eigenvalue weighted by molar-refractivity contribution is 7.89. The number of piperidine rings is 1. The zero-order valence-electron chi connectivity index (χ0n) is 18.6. The molecule has 2 fully saturated rings. The standard InChI is InChI=1S/C24H25FN4O4S/c25-20-9-3-6-17(14-20)22-26-23(33-27-22)19-8-5-11-28(16-19)24(30)18-7-4-10-21(15-18)34(31,32)29-12-1-2-13-29/h3-4,6-7,9-10,14-15,19H,1-2,5,8,11-13,16H2. The first-order valence-electron chi connectivity index (χ1n) is 11.4. The molecule has 8 nitrogen and oxygen atoms in total. The molecule has 3 heterocycles. The van der Waals surface area contributed by atoms with Crippen molar-refractivity contribution in [2.45, 2.75) is 36.5 Å². The summed E-state index contributed by atoms with van der Waals surface area (Å²) in [6.07, 6.45) is 3.23. The van der Waals surface area contributed by atoms with E-state index >= 15 is 0 Å². The lowest BCUT2D eigenvalue weighted by atomic mass is 9.97. The molecule has 2 aliphatic rings. The van der Waals surface area contributed by atoms with Crippen molar-refractivity contribution >= 4 is 15.9 Å². The van der Waals surface area contributed by atoms with Gasteiger partial charge in [-0.05, 0) is 56.0 Å². The molecule has 1 amide bonds. The molecule has 2 aromatic carbocycles. The lowest BCUT2D eigenvalue weighted by Gasteiger charge is -2.31. The van der Waals surface area contributed by atoms with Crippen LogP contribution in [-0.2, 0) is 10.0 Å². The Labute approximate surface area is 197 Å². The minimum absolute atomic E-state index is 0.144. The van der Waals surface area contributed by atoms with Crippen LogP contribution in [0.3, 0.4) is 0 Å². The zero-order chi connectivity index (χ0) is 23.7. The number of carbonyl (C=O) groups is 1. The van der Waals surface area contributed by atoms with Gasteiger partial charge in [-0.1, -0.05) is 23.4 Å². The number of amides is 1. The molecule has 0 aliphatic carbocycles. The number of rotatable bonds is 5. The summed E-state index contributed by atoms with van der Waals surface area (Å²) in [6.45, 7) is 1.96. The average Bonchev–Trinajstić information content (AvgIpc) is 3.57. The van der Waals surface area contributed by atoms with Gasteiger partial charge in [0.1, 0.15) is 5.82 Å². The fourth-order valence-electron chi connectivity index (χ4n) is 4.56. The van der Waals surface area contributed by atoms with Crippen molar-refractivity contribution in [3.63, 3.8) is 0 Å². The van der Waals surface area contributed by atoms with Crippen LogP contribution < -0.4 is 0 Å². The summed E-state index contributed by atoms with van der Waals surface area (Å²) in [5.41, 5.74) is 0.863. The topological polar surface area (TPSA) is 96.6 Å². The average molecular weight is 485 g/mol. The van der Waals surface area contributed by atoms with Gasteiger partial charge in [-0.2, -0.15) is 9.29 Å². The molecular weight excluding hydrogens is 459 g/mol. The van der Waals surface area contributed by atoms with Gasteiger partial charge in [0.2, 0.25) is 21.7 Å². The Morgan fingerprint density at radius 1 is 1.03 bits per heavy atom. The third-order valence-electron chi connectivity index (χ3n) is 6.37. The highest BCUT2D eigenvalue weighted by Crippen LogP contribution is 2.29. The van der Waals surface area contributed by atoms with Gasteiger partial charge < -0.3 is 9.42 Å². The first-order valence-corrected chi connectivity index (χ1v) is 12.8. The largest absolute Gasteiger partial charge is 0.339 e. The summed E-state index contributed by atoms with van der Waals surface area (Å²) in [5.74, 6) is -0.0516. The first kappa shape index (κ1) is 22.7. The second kappa shape index (κ2) is 9.27. The minimum Gasteiger partial charge on any atom is -0.339 e. The number of carbonyl (C=O) groups excluding carboxylic acids is 1. The lowest BCUT2D eigenvalue weighted by molar-refractivity contribution is 0.0695. The molecule has 10 heteroatoms. The van der Waals surface area contributed by atoms with Crippen LogP contribution in [0.5, 0.6) is 0 Å². The van der Waals surface area contributed by atoms with Gasteiger partial charge in [0, 0.05) is 37.3 Å². The molecule has 0 spiro atoms. The van der Waals surface area contributed by atoms with Gasteiger partial charge in [-0.3, -0.25) is 4.79 Å². The SMILES string of the molecule is O=C(c1cccc(S(=O)(=O)N2CCCC2)c1)N1CCCC(c2nc(-c3cccc(F)c3)no2)C1. The number of hydrogen-bond acceptors (Lipinski definition) is 6. The second-order valence-electron chi connectivity index (χ2n) is 8.70. The predicted octanol–water partition coefficient (Wildman–Crippen LogP) is 3.68. The van der Waals surface area contributed by atoms with E-state index in [1.165, 1.54) is 28.6 Å². The van der Waals surface area contributed by atoms with Crippen molar-refractivity contribution in [1.29, 1.82) is 0 Å². The quantitative estimate of drug-likeness (QED) is 0.548. The third kappa shape index (κ3) is 4.47. The van der Waals surface area contributed by atoms with Crippen LogP contribution in [0.1, 0.15) is 47.8 Å². The molecule has 0 radical (unpaired) electrons. The number of nitrogens with zero attached hydrogens (tertiary/aromatic N) is 4. The number of likely N-dealkylation sites (tertiary alicyclic amines) is 1. The Morgan fingerprint density at radius 3 is 2.62 bits per heavy atom. The molecule has 0 saturated carbocycles. The van der Waals surface area contributed by atoms with Crippen LogP contribution in [0, 0.1) is 5.82 Å². The Balaban J connectivity index is 1.32. The van der Waals surface area contributed by atoms with Crippen molar-refractivity contribution in [3.05, 3.63) is 65.8 Å². The Hall–Kier alpha value is -3.11. The van der Waals surface area contributed by atoms with E-state index in [0.29, 0.717) is 49.0 Å². The van der Waals surface area contributed by atoms with Gasteiger partial charge in [0.05, 0.1) is 10.8 Å². The molecular formula is C24H25FN4O4S. The van der Waals surface area contributed by atoms with Crippen LogP contribution in [0.15, 0.2) is 57.9 Å². The van der Waals surface area contributed by atoms with Crippen LogP contribution in [-0.4, -0.2) is 59.8 Å². The predicted molar refractivity (Wildman–Crippen MR) is 122 cm³/mol. The normalized spacial score (nSPS) is 19.4. The summed E-state index contributed by atoms with van der Waals surface area (Å²) >= 11 is 0. The van der Waals surface area contributed by atoms with Gasteiger partial charge in [-0.25, -0.2) is 12.8 Å². The van der Waals surface area contributed by atoms with Crippen LogP contribution in [0.25, 0.3) is 11.4 Å². The van der Waals surface area contributed by atoms with E-state index in [9.17, 15) is 17.6 Å². The molecule has 2 saturated heterocycles. The molecule has 1 atom stereocenters. The monoisotopic (exact) mass is 484 g/mol. The van der Waals surface area contributed by atoms with Crippen molar-refractivity contribution in [2.75, 3.05) is 26.2 Å². The number of hydrogen-bond donors (Lipinski definition) is 0. The van der Waals surface area contributed by atoms with Crippen molar-refractivity contribution in [1.82, 2.24) is 19.3 Å². The highest BCUT2D eigenvalue weighted by Gasteiger charge is 2.31. The number of halogens is 1. The van der Waals surface area contributed by atoms with Crippen LogP contribution in [0.4, 0.5) is 4.39 Å². The Bertz CT molecular complexity index is 1300. The number of benzene rings is 2. The Kier molecular flexibility index (Phi) is 6.18. The molecule has 178 valence electrons. The van der Waals surface area contributed by atoms with Crippen molar-refractivity contribution in [3.8, 4) is 11.4 Å². The van der Waals surface area contributed by atoms with E-state index in [2.05, 4.69) is 10.1 Å². The van der Waals surface area contributed by atoms with E-state index in [1.807, 2.05) is 0 Å². The molecule has 0 N–H and O–H groups in total. The molecule has 2 aliphatic heterocycles.